The fourth-order valence-electron chi connectivity index (χ4n) is 1.38. The van der Waals surface area contributed by atoms with Gasteiger partial charge < -0.3 is 5.32 Å². The van der Waals surface area contributed by atoms with Crippen LogP contribution >= 0.6 is 11.3 Å². The molecule has 2 heterocycles. The van der Waals surface area contributed by atoms with Crippen LogP contribution in [0.15, 0.2) is 28.9 Å². The minimum Gasteiger partial charge on any atom is -0.310 e. The van der Waals surface area contributed by atoms with Crippen molar-refractivity contribution in [2.75, 3.05) is 4.72 Å². The number of nitrogens with zero attached hydrogens (tertiary/aromatic N) is 3. The first-order valence-corrected chi connectivity index (χ1v) is 8.31. The first kappa shape index (κ1) is 14.8. The van der Waals surface area contributed by atoms with Crippen molar-refractivity contribution in [3.05, 3.63) is 29.4 Å². The van der Waals surface area contributed by atoms with Crippen molar-refractivity contribution >= 4 is 26.5 Å². The predicted molar refractivity (Wildman–Crippen MR) is 76.9 cm³/mol. The fraction of sp³-hybridized carbons (Fsp3) is 0.364. The van der Waals surface area contributed by atoms with Gasteiger partial charge in [-0.1, -0.05) is 31.3 Å². The normalized spacial score (nSPS) is 11.8. The second-order valence-electron chi connectivity index (χ2n) is 4.39. The lowest BCUT2D eigenvalue weighted by atomic mass is 10.2. The van der Waals surface area contributed by atoms with Crippen LogP contribution in [0, 0.1) is 0 Å². The highest BCUT2D eigenvalue weighted by Gasteiger charge is 2.17. The molecule has 0 aromatic carbocycles. The molecule has 2 rings (SSSR count). The van der Waals surface area contributed by atoms with Gasteiger partial charge in [0, 0.05) is 18.8 Å². The van der Waals surface area contributed by atoms with Gasteiger partial charge in [-0.05, 0) is 11.6 Å². The molecule has 2 aromatic rings. The molecule has 0 radical (unpaired) electrons. The third kappa shape index (κ3) is 3.95. The standard InChI is InChI=1S/C11H15N5O2S2/c1-8(2)12-5-9-3-4-10(13-6-9)20(17,18)16-11-15-14-7-19-11/h3-4,6-8,12H,5H2,1-2H3,(H,15,16). The first-order chi connectivity index (χ1) is 9.47. The lowest BCUT2D eigenvalue weighted by Gasteiger charge is -2.08. The summed E-state index contributed by atoms with van der Waals surface area (Å²) in [4.78, 5) is 3.97. The number of hydrogen-bond donors (Lipinski definition) is 2. The molecule has 0 saturated carbocycles. The van der Waals surface area contributed by atoms with Gasteiger partial charge in [0.1, 0.15) is 5.51 Å². The average molecular weight is 313 g/mol. The van der Waals surface area contributed by atoms with Crippen molar-refractivity contribution in [2.45, 2.75) is 31.5 Å². The Hall–Kier alpha value is -1.58. The second kappa shape index (κ2) is 6.25. The Bertz CT molecular complexity index is 638. The number of rotatable bonds is 6. The van der Waals surface area contributed by atoms with E-state index < -0.39 is 10.0 Å². The summed E-state index contributed by atoms with van der Waals surface area (Å²) in [5.41, 5.74) is 2.37. The Morgan fingerprint density at radius 2 is 2.15 bits per heavy atom. The largest absolute Gasteiger partial charge is 0.310 e. The van der Waals surface area contributed by atoms with Crippen molar-refractivity contribution in [1.29, 1.82) is 0 Å². The molecule has 0 amide bonds. The second-order valence-corrected chi connectivity index (χ2v) is 6.85. The van der Waals surface area contributed by atoms with Gasteiger partial charge in [-0.2, -0.15) is 8.42 Å². The molecule has 2 aromatic heterocycles. The van der Waals surface area contributed by atoms with E-state index in [2.05, 4.69) is 25.2 Å². The minimum absolute atomic E-state index is 0.0407. The Morgan fingerprint density at radius 1 is 1.35 bits per heavy atom. The Labute approximate surface area is 121 Å². The molecule has 0 aliphatic carbocycles. The summed E-state index contributed by atoms with van der Waals surface area (Å²) in [7, 11) is -3.70. The third-order valence-electron chi connectivity index (χ3n) is 2.37. The van der Waals surface area contributed by atoms with E-state index in [1.165, 1.54) is 11.6 Å². The van der Waals surface area contributed by atoms with Crippen LogP contribution in [0.1, 0.15) is 19.4 Å². The van der Waals surface area contributed by atoms with Gasteiger partial charge in [0.05, 0.1) is 0 Å². The number of nitrogens with one attached hydrogen (secondary N) is 2. The first-order valence-electron chi connectivity index (χ1n) is 5.94. The molecule has 0 unspecified atom stereocenters. The zero-order chi connectivity index (χ0) is 14.6. The maximum atomic E-state index is 12.0. The van der Waals surface area contributed by atoms with Crippen LogP contribution in [-0.4, -0.2) is 29.6 Å². The summed E-state index contributed by atoms with van der Waals surface area (Å²) >= 11 is 1.11. The molecular weight excluding hydrogens is 298 g/mol. The highest BCUT2D eigenvalue weighted by Crippen LogP contribution is 2.15. The van der Waals surface area contributed by atoms with Crippen molar-refractivity contribution in [3.8, 4) is 0 Å². The molecule has 108 valence electrons. The van der Waals surface area contributed by atoms with Gasteiger partial charge in [0.15, 0.2) is 5.03 Å². The van der Waals surface area contributed by atoms with E-state index in [0.717, 1.165) is 16.9 Å². The molecule has 0 aliphatic rings. The molecule has 0 spiro atoms. The van der Waals surface area contributed by atoms with E-state index >= 15 is 0 Å². The maximum absolute atomic E-state index is 12.0. The summed E-state index contributed by atoms with van der Waals surface area (Å²) in [6.07, 6.45) is 1.55. The zero-order valence-electron chi connectivity index (χ0n) is 11.1. The van der Waals surface area contributed by atoms with E-state index in [4.69, 9.17) is 0 Å². The number of sulfonamides is 1. The van der Waals surface area contributed by atoms with Crippen molar-refractivity contribution < 1.29 is 8.42 Å². The van der Waals surface area contributed by atoms with Gasteiger partial charge in [0.25, 0.3) is 10.0 Å². The SMILES string of the molecule is CC(C)NCc1ccc(S(=O)(=O)Nc2nncs2)nc1. The van der Waals surface area contributed by atoms with Gasteiger partial charge in [0.2, 0.25) is 5.13 Å². The average Bonchev–Trinajstić information content (AvgIpc) is 2.89. The van der Waals surface area contributed by atoms with E-state index in [1.54, 1.807) is 12.3 Å². The Morgan fingerprint density at radius 3 is 2.70 bits per heavy atom. The minimum atomic E-state index is -3.70. The van der Waals surface area contributed by atoms with Crippen LogP contribution in [0.4, 0.5) is 5.13 Å². The van der Waals surface area contributed by atoms with E-state index in [0.29, 0.717) is 12.6 Å². The van der Waals surface area contributed by atoms with Gasteiger partial charge >= 0.3 is 0 Å². The summed E-state index contributed by atoms with van der Waals surface area (Å²) in [6, 6.07) is 3.56. The topological polar surface area (TPSA) is 96.9 Å². The van der Waals surface area contributed by atoms with Crippen molar-refractivity contribution in [1.82, 2.24) is 20.5 Å². The molecule has 0 aliphatic heterocycles. The smallest absolute Gasteiger partial charge is 0.281 e. The van der Waals surface area contributed by atoms with E-state index in [-0.39, 0.29) is 10.2 Å². The van der Waals surface area contributed by atoms with Crippen LogP contribution < -0.4 is 10.0 Å². The molecule has 0 atom stereocenters. The highest BCUT2D eigenvalue weighted by molar-refractivity contribution is 7.92. The maximum Gasteiger partial charge on any atom is 0.281 e. The van der Waals surface area contributed by atoms with Crippen LogP contribution in [-0.2, 0) is 16.6 Å². The Balaban J connectivity index is 2.08. The lowest BCUT2D eigenvalue weighted by Crippen LogP contribution is -2.22. The quantitative estimate of drug-likeness (QED) is 0.832. The molecule has 2 N–H and O–H groups in total. The molecule has 9 heteroatoms. The zero-order valence-corrected chi connectivity index (χ0v) is 12.7. The van der Waals surface area contributed by atoms with Crippen LogP contribution in [0.3, 0.4) is 0 Å². The molecule has 20 heavy (non-hydrogen) atoms. The highest BCUT2D eigenvalue weighted by atomic mass is 32.2. The number of hydrogen-bond acceptors (Lipinski definition) is 7. The van der Waals surface area contributed by atoms with Gasteiger partial charge in [-0.3, -0.25) is 4.72 Å². The predicted octanol–water partition coefficient (Wildman–Crippen LogP) is 1.23. The monoisotopic (exact) mass is 313 g/mol. The third-order valence-corrected chi connectivity index (χ3v) is 4.36. The fourth-order valence-corrected chi connectivity index (χ4v) is 3.01. The lowest BCUT2D eigenvalue weighted by molar-refractivity contribution is 0.585. The van der Waals surface area contributed by atoms with Crippen LogP contribution in [0.2, 0.25) is 0 Å². The van der Waals surface area contributed by atoms with Crippen molar-refractivity contribution in [2.24, 2.45) is 0 Å². The van der Waals surface area contributed by atoms with Crippen molar-refractivity contribution in [3.63, 3.8) is 0 Å². The number of aromatic nitrogens is 3. The Kier molecular flexibility index (Phi) is 4.63. The van der Waals surface area contributed by atoms with Gasteiger partial charge in [-0.25, -0.2) is 4.98 Å². The number of pyridine rings is 1. The summed E-state index contributed by atoms with van der Waals surface area (Å²) < 4.78 is 26.4. The summed E-state index contributed by atoms with van der Waals surface area (Å²) in [5.74, 6) is 0. The van der Waals surface area contributed by atoms with Crippen LogP contribution in [0.25, 0.3) is 0 Å². The van der Waals surface area contributed by atoms with E-state index in [9.17, 15) is 8.42 Å². The van der Waals surface area contributed by atoms with Crippen LogP contribution in [0.5, 0.6) is 0 Å². The molecule has 0 saturated heterocycles. The summed E-state index contributed by atoms with van der Waals surface area (Å²) in [6.45, 7) is 4.73. The molecule has 0 bridgehead atoms. The molecule has 7 nitrogen and oxygen atoms in total. The summed E-state index contributed by atoms with van der Waals surface area (Å²) in [5, 5.41) is 10.6. The molecule has 0 fully saturated rings. The number of anilines is 1. The molecular formula is C11H15N5O2S2. The van der Waals surface area contributed by atoms with Gasteiger partial charge in [-0.15, -0.1) is 10.2 Å². The van der Waals surface area contributed by atoms with E-state index in [1.807, 2.05) is 13.8 Å².